The molecule has 0 spiro atoms. The molecule has 8 atom stereocenters. The van der Waals surface area contributed by atoms with Crippen molar-refractivity contribution < 1.29 is 20.0 Å². The van der Waals surface area contributed by atoms with Gasteiger partial charge < -0.3 is 5.11 Å². The van der Waals surface area contributed by atoms with Crippen LogP contribution in [0.25, 0.3) is 0 Å². The van der Waals surface area contributed by atoms with Crippen LogP contribution in [-0.4, -0.2) is 27.9 Å². The van der Waals surface area contributed by atoms with Crippen LogP contribution in [-0.2, 0) is 9.68 Å². The van der Waals surface area contributed by atoms with Crippen LogP contribution in [0, 0.1) is 40.4 Å². The quantitative estimate of drug-likeness (QED) is 0.299. The molecule has 0 aromatic rings. The summed E-state index contributed by atoms with van der Waals surface area (Å²) in [6.07, 6.45) is 13.2. The van der Waals surface area contributed by atoms with Gasteiger partial charge in [0.2, 0.25) is 0 Å². The molecule has 0 radical (unpaired) electrons. The monoisotopic (exact) mass is 432 g/mol. The largest absolute Gasteiger partial charge is 0.393 e. The van der Waals surface area contributed by atoms with Crippen molar-refractivity contribution in [2.75, 3.05) is 0 Å². The summed E-state index contributed by atoms with van der Waals surface area (Å²) in [5, 5.41) is 19.2. The zero-order valence-electron chi connectivity index (χ0n) is 20.3. The molecule has 1 unspecified atom stereocenters. The molecule has 0 saturated heterocycles. The third kappa shape index (κ3) is 3.85. The molecule has 2 N–H and O–H groups in total. The number of fused-ring (bicyclic) bond motifs is 5. The van der Waals surface area contributed by atoms with Gasteiger partial charge in [-0.3, -0.25) is 10.1 Å². The fraction of sp³-hybridized carbons (Fsp3) is 0.889. The van der Waals surface area contributed by atoms with Crippen molar-refractivity contribution >= 4 is 5.78 Å². The number of ketones is 1. The highest BCUT2D eigenvalue weighted by molar-refractivity contribution is 5.86. The number of carbonyl (C=O) groups excluding carboxylic acids is 1. The molecule has 4 nitrogen and oxygen atoms in total. The van der Waals surface area contributed by atoms with E-state index in [0.29, 0.717) is 29.1 Å². The van der Waals surface area contributed by atoms with Crippen molar-refractivity contribution in [1.29, 1.82) is 0 Å². The Morgan fingerprint density at radius 1 is 1.19 bits per heavy atom. The number of allylic oxidation sites excluding steroid dienone is 1. The van der Waals surface area contributed by atoms with E-state index in [1.54, 1.807) is 19.4 Å². The van der Waals surface area contributed by atoms with Gasteiger partial charge in [-0.15, -0.1) is 0 Å². The van der Waals surface area contributed by atoms with Gasteiger partial charge in [0.25, 0.3) is 0 Å². The lowest BCUT2D eigenvalue weighted by molar-refractivity contribution is -0.301. The number of hydrogen-bond donors (Lipinski definition) is 2. The van der Waals surface area contributed by atoms with Crippen molar-refractivity contribution in [2.45, 2.75) is 111 Å². The fourth-order valence-corrected chi connectivity index (χ4v) is 8.53. The van der Waals surface area contributed by atoms with E-state index in [1.165, 1.54) is 32.1 Å². The first kappa shape index (κ1) is 23.4. The molecule has 0 aromatic carbocycles. The van der Waals surface area contributed by atoms with Gasteiger partial charge >= 0.3 is 0 Å². The normalized spacial score (nSPS) is 43.5. The summed E-state index contributed by atoms with van der Waals surface area (Å²) < 4.78 is 0. The van der Waals surface area contributed by atoms with Crippen molar-refractivity contribution in [3.63, 3.8) is 0 Å². The molecule has 4 aliphatic carbocycles. The molecule has 0 aliphatic heterocycles. The Hall–Kier alpha value is -0.710. The van der Waals surface area contributed by atoms with E-state index in [1.807, 2.05) is 0 Å². The second-order valence-corrected chi connectivity index (χ2v) is 12.4. The molecule has 4 heteroatoms. The average molecular weight is 433 g/mol. The molecule has 0 aromatic heterocycles. The number of rotatable bonds is 6. The third-order valence-electron chi connectivity index (χ3n) is 10.6. The predicted molar refractivity (Wildman–Crippen MR) is 122 cm³/mol. The Balaban J connectivity index is 1.46. The van der Waals surface area contributed by atoms with Gasteiger partial charge in [-0.2, -0.15) is 0 Å². The van der Waals surface area contributed by atoms with E-state index in [0.717, 1.165) is 43.4 Å². The lowest BCUT2D eigenvalue weighted by Gasteiger charge is -2.58. The highest BCUT2D eigenvalue weighted by Gasteiger charge is 2.59. The minimum absolute atomic E-state index is 0.0115. The lowest BCUT2D eigenvalue weighted by atomic mass is 9.47. The van der Waals surface area contributed by atoms with Crippen molar-refractivity contribution in [2.24, 2.45) is 40.4 Å². The molecular weight excluding hydrogens is 388 g/mol. The zero-order valence-corrected chi connectivity index (χ0v) is 20.3. The number of Topliss-reactive ketones (excluding diaryl/α,β-unsaturated/α-hetero) is 1. The molecule has 4 aliphatic rings. The van der Waals surface area contributed by atoms with Crippen LogP contribution in [0.2, 0.25) is 0 Å². The molecule has 0 heterocycles. The zero-order chi connectivity index (χ0) is 22.6. The van der Waals surface area contributed by atoms with Crippen LogP contribution in [0.3, 0.4) is 0 Å². The maximum Gasteiger partial charge on any atom is 0.167 e. The summed E-state index contributed by atoms with van der Waals surface area (Å²) in [6.45, 7) is 10.7. The molecule has 0 amide bonds. The Bertz CT molecular complexity index is 727. The van der Waals surface area contributed by atoms with Crippen LogP contribution in [0.5, 0.6) is 0 Å². The predicted octanol–water partition coefficient (Wildman–Crippen LogP) is 6.18. The standard InChI is InChI=1S/C27H44O4/c1-17(6-11-24(29)25(2,3)31-30)21-9-10-22-20-8-7-18-16-19(28)12-14-26(18,4)23(20)13-15-27(21,22)5/h7,17,19-23,28,30H,6,8-16H2,1-5H3/t17-,19?,20+,21-,22+,23+,26+,27-/m1/s1. The number of hydrogen-bond acceptors (Lipinski definition) is 4. The highest BCUT2D eigenvalue weighted by Crippen LogP contribution is 2.67. The summed E-state index contributed by atoms with van der Waals surface area (Å²) >= 11 is 0. The molecular formula is C27H44O4. The van der Waals surface area contributed by atoms with Crippen LogP contribution in [0.1, 0.15) is 98.8 Å². The highest BCUT2D eigenvalue weighted by atomic mass is 17.1. The van der Waals surface area contributed by atoms with Gasteiger partial charge in [0.15, 0.2) is 11.4 Å². The van der Waals surface area contributed by atoms with Crippen molar-refractivity contribution in [1.82, 2.24) is 0 Å². The van der Waals surface area contributed by atoms with Gasteiger partial charge in [-0.1, -0.05) is 32.4 Å². The van der Waals surface area contributed by atoms with Crippen molar-refractivity contribution in [3.05, 3.63) is 11.6 Å². The maximum absolute atomic E-state index is 12.4. The molecule has 3 saturated carbocycles. The van der Waals surface area contributed by atoms with Crippen LogP contribution in [0.4, 0.5) is 0 Å². The maximum atomic E-state index is 12.4. The van der Waals surface area contributed by atoms with Crippen LogP contribution < -0.4 is 0 Å². The number of aliphatic hydroxyl groups is 1. The average Bonchev–Trinajstić information content (AvgIpc) is 3.09. The second kappa shape index (κ2) is 8.25. The molecule has 3 fully saturated rings. The number of aliphatic hydroxyl groups excluding tert-OH is 1. The SMILES string of the molecule is C[C@H](CCC(=O)C(C)(C)OO)[C@H]1CC[C@H]2[C@@H]3CC=C4CC(O)CC[C@]4(C)[C@H]3CC[C@]12C. The summed E-state index contributed by atoms with van der Waals surface area (Å²) in [5.74, 6) is 3.52. The summed E-state index contributed by atoms with van der Waals surface area (Å²) in [7, 11) is 0. The first-order valence-electron chi connectivity index (χ1n) is 12.8. The molecule has 176 valence electrons. The second-order valence-electron chi connectivity index (χ2n) is 12.4. The van der Waals surface area contributed by atoms with Gasteiger partial charge in [0.1, 0.15) is 0 Å². The van der Waals surface area contributed by atoms with Crippen LogP contribution >= 0.6 is 0 Å². The minimum atomic E-state index is -1.10. The van der Waals surface area contributed by atoms with E-state index in [2.05, 4.69) is 31.7 Å². The topological polar surface area (TPSA) is 66.8 Å². The third-order valence-corrected chi connectivity index (χ3v) is 10.6. The Kier molecular flexibility index (Phi) is 6.24. The fourth-order valence-electron chi connectivity index (χ4n) is 8.53. The van der Waals surface area contributed by atoms with E-state index < -0.39 is 5.60 Å². The molecule has 31 heavy (non-hydrogen) atoms. The van der Waals surface area contributed by atoms with Gasteiger partial charge in [-0.05, 0) is 112 Å². The Labute approximate surface area is 188 Å². The van der Waals surface area contributed by atoms with Crippen LogP contribution in [0.15, 0.2) is 11.6 Å². The Morgan fingerprint density at radius 2 is 1.94 bits per heavy atom. The minimum Gasteiger partial charge on any atom is -0.393 e. The summed E-state index contributed by atoms with van der Waals surface area (Å²) in [6, 6.07) is 0. The van der Waals surface area contributed by atoms with E-state index >= 15 is 0 Å². The summed E-state index contributed by atoms with van der Waals surface area (Å²) in [4.78, 5) is 16.9. The molecule has 4 rings (SSSR count). The Morgan fingerprint density at radius 3 is 2.65 bits per heavy atom. The van der Waals surface area contributed by atoms with Gasteiger partial charge in [0, 0.05) is 6.42 Å². The first-order chi connectivity index (χ1) is 14.5. The first-order valence-corrected chi connectivity index (χ1v) is 12.8. The smallest absolute Gasteiger partial charge is 0.167 e. The van der Waals surface area contributed by atoms with Gasteiger partial charge in [0.05, 0.1) is 6.10 Å². The number of carbonyl (C=O) groups is 1. The van der Waals surface area contributed by atoms with E-state index in [9.17, 15) is 9.90 Å². The van der Waals surface area contributed by atoms with E-state index in [-0.39, 0.29) is 11.9 Å². The summed E-state index contributed by atoms with van der Waals surface area (Å²) in [5.41, 5.74) is 1.12. The van der Waals surface area contributed by atoms with Crippen molar-refractivity contribution in [3.8, 4) is 0 Å². The lowest BCUT2D eigenvalue weighted by Crippen LogP contribution is -2.50. The molecule has 0 bridgehead atoms. The van der Waals surface area contributed by atoms with Gasteiger partial charge in [-0.25, -0.2) is 4.89 Å². The van der Waals surface area contributed by atoms with E-state index in [4.69, 9.17) is 5.26 Å².